The molecule has 0 fully saturated rings. The lowest BCUT2D eigenvalue weighted by Gasteiger charge is -2.11. The van der Waals surface area contributed by atoms with Crippen molar-refractivity contribution < 1.29 is 9.53 Å². The number of rotatable bonds is 8. The van der Waals surface area contributed by atoms with Crippen LogP contribution in [0.4, 0.5) is 0 Å². The minimum atomic E-state index is 0.0404. The molecular formula is C15H24N2O2. The van der Waals surface area contributed by atoms with Crippen LogP contribution in [-0.4, -0.2) is 25.6 Å². The Labute approximate surface area is 115 Å². The second-order valence-corrected chi connectivity index (χ2v) is 4.66. The molecule has 0 radical (unpaired) electrons. The SMILES string of the molecule is CCOc1ccccc1CNCCNC(=O)C(C)C. The molecular weight excluding hydrogens is 240 g/mol. The van der Waals surface area contributed by atoms with Crippen LogP contribution in [0.15, 0.2) is 24.3 Å². The van der Waals surface area contributed by atoms with Gasteiger partial charge in [-0.25, -0.2) is 0 Å². The molecule has 0 spiro atoms. The summed E-state index contributed by atoms with van der Waals surface area (Å²) >= 11 is 0. The van der Waals surface area contributed by atoms with E-state index in [9.17, 15) is 4.79 Å². The molecule has 0 atom stereocenters. The van der Waals surface area contributed by atoms with Crippen LogP contribution in [0.5, 0.6) is 5.75 Å². The van der Waals surface area contributed by atoms with Crippen LogP contribution >= 0.6 is 0 Å². The first-order chi connectivity index (χ1) is 9.15. The summed E-state index contributed by atoms with van der Waals surface area (Å²) in [5.74, 6) is 1.05. The quantitative estimate of drug-likeness (QED) is 0.706. The molecule has 4 nitrogen and oxygen atoms in total. The molecule has 2 N–H and O–H groups in total. The molecule has 1 amide bonds. The summed E-state index contributed by atoms with van der Waals surface area (Å²) in [4.78, 5) is 11.4. The Balaban J connectivity index is 2.28. The number of ether oxygens (including phenoxy) is 1. The van der Waals surface area contributed by atoms with E-state index in [-0.39, 0.29) is 11.8 Å². The van der Waals surface area contributed by atoms with Gasteiger partial charge in [-0.2, -0.15) is 0 Å². The van der Waals surface area contributed by atoms with Crippen molar-refractivity contribution in [2.75, 3.05) is 19.7 Å². The lowest BCUT2D eigenvalue weighted by atomic mass is 10.2. The van der Waals surface area contributed by atoms with E-state index in [2.05, 4.69) is 10.6 Å². The topological polar surface area (TPSA) is 50.4 Å². The van der Waals surface area contributed by atoms with Gasteiger partial charge in [-0.05, 0) is 13.0 Å². The molecule has 106 valence electrons. The van der Waals surface area contributed by atoms with E-state index in [1.165, 1.54) is 0 Å². The van der Waals surface area contributed by atoms with Gasteiger partial charge in [-0.15, -0.1) is 0 Å². The molecule has 0 aromatic heterocycles. The number of nitrogens with one attached hydrogen (secondary N) is 2. The maximum absolute atomic E-state index is 11.4. The summed E-state index contributed by atoms with van der Waals surface area (Å²) < 4.78 is 5.55. The van der Waals surface area contributed by atoms with Gasteiger partial charge in [0.05, 0.1) is 6.61 Å². The maximum atomic E-state index is 11.4. The zero-order chi connectivity index (χ0) is 14.1. The van der Waals surface area contributed by atoms with E-state index in [0.717, 1.165) is 24.4 Å². The highest BCUT2D eigenvalue weighted by Crippen LogP contribution is 2.17. The highest BCUT2D eigenvalue weighted by molar-refractivity contribution is 5.77. The Kier molecular flexibility index (Phi) is 6.97. The first kappa shape index (κ1) is 15.5. The largest absolute Gasteiger partial charge is 0.494 e. The smallest absolute Gasteiger partial charge is 0.222 e. The Morgan fingerprint density at radius 1 is 1.26 bits per heavy atom. The number of benzene rings is 1. The monoisotopic (exact) mass is 264 g/mol. The molecule has 19 heavy (non-hydrogen) atoms. The van der Waals surface area contributed by atoms with Crippen LogP contribution in [0.1, 0.15) is 26.3 Å². The molecule has 1 aromatic carbocycles. The Bertz CT molecular complexity index is 391. The van der Waals surface area contributed by atoms with Crippen molar-refractivity contribution in [3.8, 4) is 5.75 Å². The van der Waals surface area contributed by atoms with Gasteiger partial charge in [0.2, 0.25) is 5.91 Å². The van der Waals surface area contributed by atoms with Crippen molar-refractivity contribution in [3.05, 3.63) is 29.8 Å². The number of hydrogen-bond donors (Lipinski definition) is 2. The molecule has 0 aliphatic heterocycles. The van der Waals surface area contributed by atoms with Gasteiger partial charge in [0.25, 0.3) is 0 Å². The van der Waals surface area contributed by atoms with Crippen LogP contribution in [0.25, 0.3) is 0 Å². The molecule has 0 saturated carbocycles. The average molecular weight is 264 g/mol. The minimum Gasteiger partial charge on any atom is -0.494 e. The predicted molar refractivity (Wildman–Crippen MR) is 77.2 cm³/mol. The third-order valence-corrected chi connectivity index (χ3v) is 2.71. The van der Waals surface area contributed by atoms with E-state index in [1.807, 2.05) is 45.0 Å². The van der Waals surface area contributed by atoms with Crippen LogP contribution in [0.2, 0.25) is 0 Å². The summed E-state index contributed by atoms with van der Waals surface area (Å²) in [6, 6.07) is 7.99. The Morgan fingerprint density at radius 3 is 2.68 bits per heavy atom. The second-order valence-electron chi connectivity index (χ2n) is 4.66. The fraction of sp³-hybridized carbons (Fsp3) is 0.533. The standard InChI is InChI=1S/C15H24N2O2/c1-4-19-14-8-6-5-7-13(14)11-16-9-10-17-15(18)12(2)3/h5-8,12,16H,4,9-11H2,1-3H3,(H,17,18). The highest BCUT2D eigenvalue weighted by Gasteiger charge is 2.05. The van der Waals surface area contributed by atoms with Gasteiger partial charge in [0.15, 0.2) is 0 Å². The fourth-order valence-corrected chi connectivity index (χ4v) is 1.65. The van der Waals surface area contributed by atoms with Crippen molar-refractivity contribution in [1.82, 2.24) is 10.6 Å². The molecule has 0 heterocycles. The van der Waals surface area contributed by atoms with Crippen molar-refractivity contribution in [1.29, 1.82) is 0 Å². The molecule has 4 heteroatoms. The highest BCUT2D eigenvalue weighted by atomic mass is 16.5. The van der Waals surface area contributed by atoms with Gasteiger partial charge in [-0.3, -0.25) is 4.79 Å². The number of para-hydroxylation sites is 1. The molecule has 0 aliphatic carbocycles. The van der Waals surface area contributed by atoms with E-state index in [0.29, 0.717) is 13.2 Å². The molecule has 1 aromatic rings. The molecule has 0 saturated heterocycles. The molecule has 0 unspecified atom stereocenters. The maximum Gasteiger partial charge on any atom is 0.222 e. The number of carbonyl (C=O) groups is 1. The molecule has 0 aliphatic rings. The van der Waals surface area contributed by atoms with E-state index < -0.39 is 0 Å². The predicted octanol–water partition coefficient (Wildman–Crippen LogP) is 1.95. The summed E-state index contributed by atoms with van der Waals surface area (Å²) in [5, 5.41) is 6.18. The fourth-order valence-electron chi connectivity index (χ4n) is 1.65. The Hall–Kier alpha value is -1.55. The van der Waals surface area contributed by atoms with Gasteiger partial charge in [-0.1, -0.05) is 32.0 Å². The minimum absolute atomic E-state index is 0.0404. The summed E-state index contributed by atoms with van der Waals surface area (Å²) in [5.41, 5.74) is 1.14. The zero-order valence-electron chi connectivity index (χ0n) is 12.0. The van der Waals surface area contributed by atoms with Gasteiger partial charge in [0.1, 0.15) is 5.75 Å². The number of amides is 1. The van der Waals surface area contributed by atoms with E-state index in [1.54, 1.807) is 0 Å². The third-order valence-electron chi connectivity index (χ3n) is 2.71. The zero-order valence-corrected chi connectivity index (χ0v) is 12.0. The van der Waals surface area contributed by atoms with Crippen LogP contribution in [0, 0.1) is 5.92 Å². The number of carbonyl (C=O) groups excluding carboxylic acids is 1. The third kappa shape index (κ3) is 5.75. The lowest BCUT2D eigenvalue weighted by molar-refractivity contribution is -0.123. The lowest BCUT2D eigenvalue weighted by Crippen LogP contribution is -2.34. The summed E-state index contributed by atoms with van der Waals surface area (Å²) in [6.07, 6.45) is 0. The Morgan fingerprint density at radius 2 is 2.00 bits per heavy atom. The normalized spacial score (nSPS) is 10.5. The first-order valence-electron chi connectivity index (χ1n) is 6.84. The summed E-state index contributed by atoms with van der Waals surface area (Å²) in [7, 11) is 0. The van der Waals surface area contributed by atoms with Crippen LogP contribution in [-0.2, 0) is 11.3 Å². The second kappa shape index (κ2) is 8.53. The van der Waals surface area contributed by atoms with Gasteiger partial charge >= 0.3 is 0 Å². The van der Waals surface area contributed by atoms with Crippen molar-refractivity contribution in [3.63, 3.8) is 0 Å². The van der Waals surface area contributed by atoms with Gasteiger partial charge in [0, 0.05) is 31.1 Å². The van der Waals surface area contributed by atoms with Crippen molar-refractivity contribution >= 4 is 5.91 Å². The molecule has 1 rings (SSSR count). The van der Waals surface area contributed by atoms with Crippen LogP contribution < -0.4 is 15.4 Å². The van der Waals surface area contributed by atoms with E-state index >= 15 is 0 Å². The average Bonchev–Trinajstić information content (AvgIpc) is 2.40. The van der Waals surface area contributed by atoms with Crippen LogP contribution in [0.3, 0.4) is 0 Å². The van der Waals surface area contributed by atoms with E-state index in [4.69, 9.17) is 4.74 Å². The number of hydrogen-bond acceptors (Lipinski definition) is 3. The molecule has 0 bridgehead atoms. The summed E-state index contributed by atoms with van der Waals surface area (Å²) in [6.45, 7) is 8.57. The van der Waals surface area contributed by atoms with Gasteiger partial charge < -0.3 is 15.4 Å². The van der Waals surface area contributed by atoms with Crippen molar-refractivity contribution in [2.45, 2.75) is 27.3 Å². The first-order valence-corrected chi connectivity index (χ1v) is 6.84. The van der Waals surface area contributed by atoms with Crippen molar-refractivity contribution in [2.24, 2.45) is 5.92 Å².